The molecule has 2 atom stereocenters. The summed E-state index contributed by atoms with van der Waals surface area (Å²) in [5.74, 6) is -0.121. The van der Waals surface area contributed by atoms with Gasteiger partial charge in [-0.15, -0.1) is 0 Å². The molecule has 0 radical (unpaired) electrons. The molecule has 0 aromatic rings. The van der Waals surface area contributed by atoms with Crippen molar-refractivity contribution in [3.05, 3.63) is 24.3 Å². The van der Waals surface area contributed by atoms with Gasteiger partial charge in [0, 0.05) is 12.8 Å². The van der Waals surface area contributed by atoms with Crippen LogP contribution in [0, 0.1) is 0 Å². The predicted octanol–water partition coefficient (Wildman–Crippen LogP) is 19.4. The average molecular weight is 973 g/mol. The molecule has 69 heavy (non-hydrogen) atoms. The summed E-state index contributed by atoms with van der Waals surface area (Å²) in [6, 6.07) is -0.649. The largest absolute Gasteiger partial charge is 0.466 e. The fourth-order valence-corrected chi connectivity index (χ4v) is 9.69. The van der Waals surface area contributed by atoms with Crippen LogP contribution in [0.1, 0.15) is 341 Å². The standard InChI is InChI=1S/C63H121NO5/c1-3-5-7-9-11-13-15-17-19-21-23-24-25-27-28-30-32-35-39-43-47-51-55-61(66)60(59-65)64-62(67)56-52-48-44-40-36-34-38-42-46-50-54-58-69-63(68)57-53-49-45-41-37-33-31-29-26-22-20-18-16-14-12-10-8-6-4-2/h38,42,51,55,60-61,65-66H,3-37,39-41,43-50,52-54,56-59H2,1-2H3,(H,64,67)/b42-38-,55-51+. The Labute approximate surface area is 431 Å². The van der Waals surface area contributed by atoms with E-state index in [1.807, 2.05) is 6.08 Å². The summed E-state index contributed by atoms with van der Waals surface area (Å²) in [6.45, 7) is 4.86. The first-order valence-electron chi connectivity index (χ1n) is 31.1. The van der Waals surface area contributed by atoms with Gasteiger partial charge in [-0.05, 0) is 57.8 Å². The molecule has 0 saturated carbocycles. The van der Waals surface area contributed by atoms with Crippen LogP contribution < -0.4 is 5.32 Å². The third-order valence-electron chi connectivity index (χ3n) is 14.5. The van der Waals surface area contributed by atoms with Gasteiger partial charge in [0.05, 0.1) is 25.4 Å². The van der Waals surface area contributed by atoms with Crippen LogP contribution in [-0.4, -0.2) is 47.4 Å². The van der Waals surface area contributed by atoms with E-state index in [2.05, 4.69) is 31.3 Å². The first kappa shape index (κ1) is 67.3. The number of amides is 1. The maximum Gasteiger partial charge on any atom is 0.305 e. The molecule has 0 rings (SSSR count). The maximum atomic E-state index is 12.5. The molecule has 0 bridgehead atoms. The molecule has 1 amide bonds. The SMILES string of the molecule is CCCCCCCCCCCCCCCCCCCCCC/C=C/C(O)C(CO)NC(=O)CCCCCCC/C=C\CCCCOC(=O)CCCCCCCCCCCCCCCCCCCCC. The molecule has 408 valence electrons. The lowest BCUT2D eigenvalue weighted by atomic mass is 10.0. The van der Waals surface area contributed by atoms with E-state index in [0.29, 0.717) is 19.4 Å². The number of carbonyl (C=O) groups excluding carboxylic acids is 2. The highest BCUT2D eigenvalue weighted by Gasteiger charge is 2.18. The second kappa shape index (κ2) is 58.9. The van der Waals surface area contributed by atoms with Gasteiger partial charge in [0.2, 0.25) is 5.91 Å². The zero-order valence-electron chi connectivity index (χ0n) is 46.6. The molecule has 0 heterocycles. The van der Waals surface area contributed by atoms with Gasteiger partial charge < -0.3 is 20.3 Å². The molecule has 2 unspecified atom stereocenters. The molecule has 0 fully saturated rings. The molecule has 0 saturated heterocycles. The second-order valence-electron chi connectivity index (χ2n) is 21.4. The Morgan fingerprint density at radius 1 is 0.391 bits per heavy atom. The molecule has 0 aliphatic rings. The summed E-state index contributed by atoms with van der Waals surface area (Å²) < 4.78 is 5.46. The first-order chi connectivity index (χ1) is 34.0. The number of unbranched alkanes of at least 4 members (excludes halogenated alkanes) is 45. The normalized spacial score (nSPS) is 12.7. The van der Waals surface area contributed by atoms with Crippen LogP contribution >= 0.6 is 0 Å². The Bertz CT molecular complexity index is 1080. The van der Waals surface area contributed by atoms with Crippen LogP contribution in [0.4, 0.5) is 0 Å². The van der Waals surface area contributed by atoms with Crippen molar-refractivity contribution in [2.24, 2.45) is 0 Å². The fourth-order valence-electron chi connectivity index (χ4n) is 9.69. The molecular weight excluding hydrogens is 851 g/mol. The number of carbonyl (C=O) groups is 2. The Morgan fingerprint density at radius 3 is 1.03 bits per heavy atom. The van der Waals surface area contributed by atoms with Crippen molar-refractivity contribution in [1.82, 2.24) is 5.32 Å². The smallest absolute Gasteiger partial charge is 0.305 e. The van der Waals surface area contributed by atoms with Crippen LogP contribution in [0.3, 0.4) is 0 Å². The van der Waals surface area contributed by atoms with Gasteiger partial charge >= 0.3 is 5.97 Å². The van der Waals surface area contributed by atoms with Crippen LogP contribution in [0.2, 0.25) is 0 Å². The third-order valence-corrected chi connectivity index (χ3v) is 14.5. The Morgan fingerprint density at radius 2 is 0.681 bits per heavy atom. The molecular formula is C63H121NO5. The number of ether oxygens (including phenoxy) is 1. The minimum absolute atomic E-state index is 0.0274. The van der Waals surface area contributed by atoms with Crippen molar-refractivity contribution >= 4 is 11.9 Å². The van der Waals surface area contributed by atoms with Crippen molar-refractivity contribution in [2.75, 3.05) is 13.2 Å². The Hall–Kier alpha value is -1.66. The maximum absolute atomic E-state index is 12.5. The van der Waals surface area contributed by atoms with Gasteiger partial charge in [-0.1, -0.05) is 295 Å². The number of hydrogen-bond acceptors (Lipinski definition) is 5. The molecule has 0 spiro atoms. The lowest BCUT2D eigenvalue weighted by molar-refractivity contribution is -0.143. The molecule has 0 aromatic carbocycles. The summed E-state index contributed by atoms with van der Waals surface area (Å²) >= 11 is 0. The number of nitrogens with one attached hydrogen (secondary N) is 1. The monoisotopic (exact) mass is 972 g/mol. The summed E-state index contributed by atoms with van der Waals surface area (Å²) in [5.41, 5.74) is 0. The number of aliphatic hydroxyl groups excluding tert-OH is 2. The van der Waals surface area contributed by atoms with E-state index in [-0.39, 0.29) is 18.5 Å². The number of allylic oxidation sites excluding steroid dienone is 3. The van der Waals surface area contributed by atoms with Crippen molar-refractivity contribution in [3.8, 4) is 0 Å². The minimum Gasteiger partial charge on any atom is -0.466 e. The van der Waals surface area contributed by atoms with E-state index in [1.165, 1.54) is 231 Å². The van der Waals surface area contributed by atoms with Gasteiger partial charge in [0.15, 0.2) is 0 Å². The second-order valence-corrected chi connectivity index (χ2v) is 21.4. The quantitative estimate of drug-likeness (QED) is 0.0321. The lowest BCUT2D eigenvalue weighted by Crippen LogP contribution is -2.45. The zero-order chi connectivity index (χ0) is 50.0. The highest BCUT2D eigenvalue weighted by Crippen LogP contribution is 2.18. The fraction of sp³-hybridized carbons (Fsp3) is 0.905. The summed E-state index contributed by atoms with van der Waals surface area (Å²) in [4.78, 5) is 24.6. The van der Waals surface area contributed by atoms with E-state index in [9.17, 15) is 19.8 Å². The summed E-state index contributed by atoms with van der Waals surface area (Å²) in [6.07, 6.45) is 72.2. The number of hydrogen-bond donors (Lipinski definition) is 3. The first-order valence-corrected chi connectivity index (χ1v) is 31.1. The lowest BCUT2D eigenvalue weighted by Gasteiger charge is -2.20. The molecule has 6 heteroatoms. The van der Waals surface area contributed by atoms with Crippen LogP contribution in [0.5, 0.6) is 0 Å². The molecule has 0 aliphatic heterocycles. The van der Waals surface area contributed by atoms with Crippen LogP contribution in [-0.2, 0) is 14.3 Å². The molecule has 0 aromatic heterocycles. The van der Waals surface area contributed by atoms with Gasteiger partial charge in [0.1, 0.15) is 0 Å². The van der Waals surface area contributed by atoms with E-state index >= 15 is 0 Å². The molecule has 0 aliphatic carbocycles. The number of rotatable bonds is 58. The van der Waals surface area contributed by atoms with Crippen molar-refractivity contribution in [1.29, 1.82) is 0 Å². The number of esters is 1. The number of aliphatic hydroxyl groups is 2. The van der Waals surface area contributed by atoms with E-state index < -0.39 is 12.1 Å². The zero-order valence-corrected chi connectivity index (χ0v) is 46.6. The van der Waals surface area contributed by atoms with Crippen molar-refractivity contribution in [3.63, 3.8) is 0 Å². The van der Waals surface area contributed by atoms with Crippen molar-refractivity contribution in [2.45, 2.75) is 353 Å². The predicted molar refractivity (Wildman–Crippen MR) is 301 cm³/mol. The minimum atomic E-state index is -0.863. The van der Waals surface area contributed by atoms with Crippen LogP contribution in [0.25, 0.3) is 0 Å². The highest BCUT2D eigenvalue weighted by molar-refractivity contribution is 5.76. The summed E-state index contributed by atoms with van der Waals surface area (Å²) in [5, 5.41) is 23.2. The molecule has 3 N–H and O–H groups in total. The van der Waals surface area contributed by atoms with Gasteiger partial charge in [-0.2, -0.15) is 0 Å². The average Bonchev–Trinajstić information content (AvgIpc) is 3.35. The van der Waals surface area contributed by atoms with Crippen LogP contribution in [0.15, 0.2) is 24.3 Å². The van der Waals surface area contributed by atoms with Crippen molar-refractivity contribution < 1.29 is 24.5 Å². The van der Waals surface area contributed by atoms with Gasteiger partial charge in [-0.3, -0.25) is 9.59 Å². The van der Waals surface area contributed by atoms with Gasteiger partial charge in [0.25, 0.3) is 0 Å². The van der Waals surface area contributed by atoms with Gasteiger partial charge in [-0.25, -0.2) is 0 Å². The van der Waals surface area contributed by atoms with E-state index in [0.717, 1.165) is 83.5 Å². The third kappa shape index (κ3) is 55.5. The molecule has 6 nitrogen and oxygen atoms in total. The topological polar surface area (TPSA) is 95.9 Å². The Balaban J connectivity index is 3.50. The summed E-state index contributed by atoms with van der Waals surface area (Å²) in [7, 11) is 0. The van der Waals surface area contributed by atoms with E-state index in [4.69, 9.17) is 4.74 Å². The Kier molecular flexibility index (Phi) is 57.5. The highest BCUT2D eigenvalue weighted by atomic mass is 16.5. The van der Waals surface area contributed by atoms with E-state index in [1.54, 1.807) is 6.08 Å².